The maximum Gasteiger partial charge on any atom is 0.0112 e. The van der Waals surface area contributed by atoms with Gasteiger partial charge in [-0.05, 0) is 49.9 Å². The first-order valence-corrected chi connectivity index (χ1v) is 8.02. The molecular weight excluding hydrogens is 246 g/mol. The van der Waals surface area contributed by atoms with Gasteiger partial charge in [0.15, 0.2) is 0 Å². The molecule has 1 rings (SSSR count). The van der Waals surface area contributed by atoms with E-state index in [4.69, 9.17) is 0 Å². The highest BCUT2D eigenvalue weighted by atomic mass is 32.1. The van der Waals surface area contributed by atoms with Crippen LogP contribution in [0.4, 0.5) is 0 Å². The van der Waals surface area contributed by atoms with E-state index in [2.05, 4.69) is 55.9 Å². The molecule has 0 N–H and O–H groups in total. The molecule has 0 aliphatic heterocycles. The van der Waals surface area contributed by atoms with Crippen molar-refractivity contribution in [2.75, 3.05) is 19.3 Å². The van der Waals surface area contributed by atoms with Crippen LogP contribution < -0.4 is 0 Å². The first-order valence-electron chi connectivity index (χ1n) is 6.50. The molecule has 0 aromatic carbocycles. The molecule has 1 aromatic rings. The van der Waals surface area contributed by atoms with Gasteiger partial charge in [-0.2, -0.15) is 12.6 Å². The molecule has 98 valence electrons. The summed E-state index contributed by atoms with van der Waals surface area (Å²) in [5.74, 6) is 1.74. The van der Waals surface area contributed by atoms with E-state index >= 15 is 0 Å². The lowest BCUT2D eigenvalue weighted by atomic mass is 10.0. The maximum absolute atomic E-state index is 4.46. The maximum atomic E-state index is 4.46. The predicted molar refractivity (Wildman–Crippen MR) is 82.4 cm³/mol. The highest BCUT2D eigenvalue weighted by Crippen LogP contribution is 2.16. The van der Waals surface area contributed by atoms with E-state index in [1.165, 1.54) is 30.7 Å². The lowest BCUT2D eigenvalue weighted by Crippen LogP contribution is -2.35. The molecule has 0 aliphatic carbocycles. The molecular formula is C14H25NS2. The van der Waals surface area contributed by atoms with Gasteiger partial charge in [0, 0.05) is 17.5 Å². The molecule has 0 bridgehead atoms. The summed E-state index contributed by atoms with van der Waals surface area (Å²) in [6.07, 6.45) is 3.72. The van der Waals surface area contributed by atoms with Gasteiger partial charge in [-0.25, -0.2) is 0 Å². The lowest BCUT2D eigenvalue weighted by molar-refractivity contribution is 0.220. The highest BCUT2D eigenvalue weighted by Gasteiger charge is 2.15. The number of thiol groups is 1. The molecule has 0 fully saturated rings. The van der Waals surface area contributed by atoms with Crippen LogP contribution in [0, 0.1) is 5.92 Å². The molecule has 0 amide bonds. The summed E-state index contributed by atoms with van der Waals surface area (Å²) in [6.45, 7) is 5.75. The van der Waals surface area contributed by atoms with E-state index in [9.17, 15) is 0 Å². The monoisotopic (exact) mass is 271 g/mol. The van der Waals surface area contributed by atoms with E-state index in [0.29, 0.717) is 6.04 Å². The van der Waals surface area contributed by atoms with Crippen LogP contribution in [-0.4, -0.2) is 30.3 Å². The standard InChI is InChI=1S/C14H25NS2/c1-4-6-13(11-16)10-15(3)12(2)9-14-7-5-8-17-14/h5,7-8,12-13,16H,4,6,9-11H2,1-3H3. The fourth-order valence-electron chi connectivity index (χ4n) is 2.11. The third-order valence-corrected chi connectivity index (χ3v) is 4.75. The number of hydrogen-bond acceptors (Lipinski definition) is 3. The van der Waals surface area contributed by atoms with Gasteiger partial charge in [-0.3, -0.25) is 0 Å². The van der Waals surface area contributed by atoms with E-state index in [0.717, 1.165) is 11.7 Å². The summed E-state index contributed by atoms with van der Waals surface area (Å²) < 4.78 is 0. The van der Waals surface area contributed by atoms with Gasteiger partial charge in [0.05, 0.1) is 0 Å². The largest absolute Gasteiger partial charge is 0.303 e. The number of thiophene rings is 1. The Bertz CT molecular complexity index is 284. The van der Waals surface area contributed by atoms with Crippen LogP contribution in [0.15, 0.2) is 17.5 Å². The quantitative estimate of drug-likeness (QED) is 0.701. The zero-order valence-electron chi connectivity index (χ0n) is 11.2. The summed E-state index contributed by atoms with van der Waals surface area (Å²) in [5.41, 5.74) is 0. The van der Waals surface area contributed by atoms with Crippen LogP contribution in [0.25, 0.3) is 0 Å². The van der Waals surface area contributed by atoms with Crippen molar-refractivity contribution in [1.82, 2.24) is 4.90 Å². The Morgan fingerprint density at radius 1 is 1.47 bits per heavy atom. The highest BCUT2D eigenvalue weighted by molar-refractivity contribution is 7.80. The normalized spacial score (nSPS) is 15.1. The smallest absolute Gasteiger partial charge is 0.0112 e. The van der Waals surface area contributed by atoms with E-state index in [-0.39, 0.29) is 0 Å². The van der Waals surface area contributed by atoms with Crippen LogP contribution in [0.1, 0.15) is 31.6 Å². The first kappa shape index (κ1) is 15.1. The van der Waals surface area contributed by atoms with Crippen molar-refractivity contribution < 1.29 is 0 Å². The summed E-state index contributed by atoms with van der Waals surface area (Å²) >= 11 is 6.32. The van der Waals surface area contributed by atoms with Crippen LogP contribution >= 0.6 is 24.0 Å². The zero-order chi connectivity index (χ0) is 12.7. The zero-order valence-corrected chi connectivity index (χ0v) is 12.9. The summed E-state index contributed by atoms with van der Waals surface area (Å²) in [6, 6.07) is 4.99. The Morgan fingerprint density at radius 2 is 2.24 bits per heavy atom. The summed E-state index contributed by atoms with van der Waals surface area (Å²) in [4.78, 5) is 3.97. The third-order valence-electron chi connectivity index (χ3n) is 3.33. The Balaban J connectivity index is 2.37. The van der Waals surface area contributed by atoms with Crippen molar-refractivity contribution in [3.63, 3.8) is 0 Å². The second-order valence-corrected chi connectivity index (χ2v) is 6.31. The van der Waals surface area contributed by atoms with Gasteiger partial charge in [0.25, 0.3) is 0 Å². The summed E-state index contributed by atoms with van der Waals surface area (Å²) in [7, 11) is 2.24. The van der Waals surface area contributed by atoms with Crippen LogP contribution in [-0.2, 0) is 6.42 Å². The van der Waals surface area contributed by atoms with Gasteiger partial charge in [-0.1, -0.05) is 19.4 Å². The van der Waals surface area contributed by atoms with Crippen LogP contribution in [0.2, 0.25) is 0 Å². The van der Waals surface area contributed by atoms with E-state index in [1.807, 2.05) is 11.3 Å². The number of likely N-dealkylation sites (N-methyl/N-ethyl adjacent to an activating group) is 1. The molecule has 0 saturated heterocycles. The van der Waals surface area contributed by atoms with Gasteiger partial charge in [0.1, 0.15) is 0 Å². The molecule has 1 nitrogen and oxygen atoms in total. The van der Waals surface area contributed by atoms with Crippen molar-refractivity contribution in [2.45, 2.75) is 39.2 Å². The Morgan fingerprint density at radius 3 is 2.76 bits per heavy atom. The van der Waals surface area contributed by atoms with E-state index < -0.39 is 0 Å². The number of hydrogen-bond donors (Lipinski definition) is 1. The van der Waals surface area contributed by atoms with Crippen molar-refractivity contribution in [2.24, 2.45) is 5.92 Å². The van der Waals surface area contributed by atoms with Crippen molar-refractivity contribution >= 4 is 24.0 Å². The van der Waals surface area contributed by atoms with Crippen molar-refractivity contribution in [1.29, 1.82) is 0 Å². The minimum Gasteiger partial charge on any atom is -0.303 e. The minimum atomic E-state index is 0.618. The first-order chi connectivity index (χ1) is 8.17. The van der Waals surface area contributed by atoms with E-state index in [1.54, 1.807) is 0 Å². The molecule has 0 spiro atoms. The fourth-order valence-corrected chi connectivity index (χ4v) is 3.24. The second kappa shape index (κ2) is 8.17. The van der Waals surface area contributed by atoms with Gasteiger partial charge in [0.2, 0.25) is 0 Å². The van der Waals surface area contributed by atoms with Gasteiger partial charge < -0.3 is 4.90 Å². The molecule has 1 aromatic heterocycles. The fraction of sp³-hybridized carbons (Fsp3) is 0.714. The molecule has 3 heteroatoms. The molecule has 0 aliphatic rings. The number of nitrogens with zero attached hydrogens (tertiary/aromatic N) is 1. The Hall–Kier alpha value is 0.01000. The molecule has 0 radical (unpaired) electrons. The third kappa shape index (κ3) is 5.45. The Kier molecular flexibility index (Phi) is 7.24. The summed E-state index contributed by atoms with van der Waals surface area (Å²) in [5, 5.41) is 2.16. The SMILES string of the molecule is CCCC(CS)CN(C)C(C)Cc1cccs1. The molecule has 2 atom stereocenters. The minimum absolute atomic E-state index is 0.618. The average Bonchev–Trinajstić information content (AvgIpc) is 2.81. The number of rotatable bonds is 8. The molecule has 1 heterocycles. The topological polar surface area (TPSA) is 3.24 Å². The van der Waals surface area contributed by atoms with Crippen molar-refractivity contribution in [3.05, 3.63) is 22.4 Å². The van der Waals surface area contributed by atoms with Crippen LogP contribution in [0.5, 0.6) is 0 Å². The van der Waals surface area contributed by atoms with Crippen LogP contribution in [0.3, 0.4) is 0 Å². The lowest BCUT2D eigenvalue weighted by Gasteiger charge is -2.28. The average molecular weight is 271 g/mol. The molecule has 2 unspecified atom stereocenters. The molecule has 0 saturated carbocycles. The van der Waals surface area contributed by atoms with Gasteiger partial charge in [-0.15, -0.1) is 11.3 Å². The second-order valence-electron chi connectivity index (χ2n) is 4.91. The van der Waals surface area contributed by atoms with Crippen molar-refractivity contribution in [3.8, 4) is 0 Å². The molecule has 17 heavy (non-hydrogen) atoms. The Labute approximate surface area is 116 Å². The predicted octanol–water partition coefficient (Wildman–Crippen LogP) is 3.96. The van der Waals surface area contributed by atoms with Gasteiger partial charge >= 0.3 is 0 Å².